The van der Waals surface area contributed by atoms with Gasteiger partial charge in [-0.05, 0) is 38.5 Å². The average molecular weight is 181 g/mol. The van der Waals surface area contributed by atoms with E-state index in [0.717, 1.165) is 11.4 Å². The van der Waals surface area contributed by atoms with Crippen LogP contribution in [0.15, 0.2) is 48.1 Å². The van der Waals surface area contributed by atoms with Crippen LogP contribution in [0.1, 0.15) is 20.8 Å². The third kappa shape index (κ3) is 5.91. The second kappa shape index (κ2) is 5.36. The Hall–Kier alpha value is -1.31. The van der Waals surface area contributed by atoms with Crippen LogP contribution in [0.5, 0.6) is 0 Å². The standard InChI is InChI=1S/C11H16FN/c1-8(2)11(12)7-6-10(5)13-9(3)4/h6-7,13H,1,3H2,2,4-5H3/b10-6+,11-7+. The fourth-order valence-corrected chi connectivity index (χ4v) is 0.719. The molecule has 0 aromatic carbocycles. The minimum atomic E-state index is -0.303. The van der Waals surface area contributed by atoms with Gasteiger partial charge in [-0.2, -0.15) is 0 Å². The summed E-state index contributed by atoms with van der Waals surface area (Å²) >= 11 is 0. The lowest BCUT2D eigenvalue weighted by atomic mass is 10.2. The fraction of sp³-hybridized carbons (Fsp3) is 0.273. The maximum atomic E-state index is 12.9. The summed E-state index contributed by atoms with van der Waals surface area (Å²) in [6.45, 7) is 12.5. The zero-order valence-electron chi connectivity index (χ0n) is 8.45. The first kappa shape index (κ1) is 11.7. The molecule has 0 radical (unpaired) electrons. The normalized spacial score (nSPS) is 12.6. The van der Waals surface area contributed by atoms with E-state index >= 15 is 0 Å². The molecule has 0 saturated heterocycles. The number of nitrogens with one attached hydrogen (secondary N) is 1. The van der Waals surface area contributed by atoms with E-state index < -0.39 is 0 Å². The van der Waals surface area contributed by atoms with Crippen LogP contribution in [0.3, 0.4) is 0 Å². The topological polar surface area (TPSA) is 12.0 Å². The Morgan fingerprint density at radius 2 is 1.69 bits per heavy atom. The van der Waals surface area contributed by atoms with Crippen LogP contribution < -0.4 is 5.32 Å². The van der Waals surface area contributed by atoms with Crippen molar-refractivity contribution in [2.45, 2.75) is 20.8 Å². The Labute approximate surface area is 79.3 Å². The highest BCUT2D eigenvalue weighted by atomic mass is 19.1. The van der Waals surface area contributed by atoms with Crippen LogP contribution in [0.2, 0.25) is 0 Å². The van der Waals surface area contributed by atoms with Crippen LogP contribution in [0, 0.1) is 0 Å². The molecule has 0 aromatic heterocycles. The first-order valence-corrected chi connectivity index (χ1v) is 4.06. The number of hydrogen-bond acceptors (Lipinski definition) is 1. The predicted octanol–water partition coefficient (Wildman–Crippen LogP) is 3.44. The van der Waals surface area contributed by atoms with E-state index in [0.29, 0.717) is 5.57 Å². The summed E-state index contributed by atoms with van der Waals surface area (Å²) in [5.41, 5.74) is 2.11. The monoisotopic (exact) mass is 181 g/mol. The van der Waals surface area contributed by atoms with Crippen molar-refractivity contribution in [1.82, 2.24) is 5.32 Å². The van der Waals surface area contributed by atoms with Crippen molar-refractivity contribution in [2.24, 2.45) is 0 Å². The Bertz CT molecular complexity index is 272. The van der Waals surface area contributed by atoms with Crippen molar-refractivity contribution in [2.75, 3.05) is 0 Å². The molecule has 0 atom stereocenters. The van der Waals surface area contributed by atoms with Gasteiger partial charge in [-0.15, -0.1) is 0 Å². The van der Waals surface area contributed by atoms with Crippen molar-refractivity contribution in [3.05, 3.63) is 48.1 Å². The van der Waals surface area contributed by atoms with Gasteiger partial charge in [0.15, 0.2) is 0 Å². The van der Waals surface area contributed by atoms with Gasteiger partial charge < -0.3 is 5.32 Å². The quantitative estimate of drug-likeness (QED) is 0.655. The van der Waals surface area contributed by atoms with Crippen molar-refractivity contribution in [1.29, 1.82) is 0 Å². The summed E-state index contributed by atoms with van der Waals surface area (Å²) in [6, 6.07) is 0. The molecule has 0 spiro atoms. The summed E-state index contributed by atoms with van der Waals surface area (Å²) in [7, 11) is 0. The van der Waals surface area contributed by atoms with Crippen LogP contribution >= 0.6 is 0 Å². The molecule has 0 heterocycles. The van der Waals surface area contributed by atoms with Gasteiger partial charge in [0.05, 0.1) is 0 Å². The summed E-state index contributed by atoms with van der Waals surface area (Å²) in [4.78, 5) is 0. The molecule has 0 fully saturated rings. The molecule has 0 rings (SSSR count). The maximum Gasteiger partial charge on any atom is 0.125 e. The largest absolute Gasteiger partial charge is 0.363 e. The Morgan fingerprint density at radius 1 is 1.15 bits per heavy atom. The first-order chi connectivity index (χ1) is 5.93. The highest BCUT2D eigenvalue weighted by Crippen LogP contribution is 2.08. The molecular formula is C11H16FN. The lowest BCUT2D eigenvalue weighted by Crippen LogP contribution is -2.05. The average Bonchev–Trinajstić information content (AvgIpc) is 1.98. The van der Waals surface area contributed by atoms with Crippen molar-refractivity contribution in [3.63, 3.8) is 0 Å². The Balaban J connectivity index is 4.33. The lowest BCUT2D eigenvalue weighted by Gasteiger charge is -2.02. The van der Waals surface area contributed by atoms with Gasteiger partial charge in [0.25, 0.3) is 0 Å². The van der Waals surface area contributed by atoms with Crippen LogP contribution in [-0.4, -0.2) is 0 Å². The van der Waals surface area contributed by atoms with Gasteiger partial charge >= 0.3 is 0 Å². The third-order valence-electron chi connectivity index (χ3n) is 1.30. The van der Waals surface area contributed by atoms with Crippen molar-refractivity contribution < 1.29 is 4.39 Å². The number of halogens is 1. The van der Waals surface area contributed by atoms with Crippen LogP contribution in [0.4, 0.5) is 4.39 Å². The van der Waals surface area contributed by atoms with E-state index in [-0.39, 0.29) is 5.83 Å². The Kier molecular flexibility index (Phi) is 4.82. The zero-order chi connectivity index (χ0) is 10.4. The first-order valence-electron chi connectivity index (χ1n) is 4.06. The van der Waals surface area contributed by atoms with E-state index in [1.165, 1.54) is 6.08 Å². The molecule has 0 saturated carbocycles. The third-order valence-corrected chi connectivity index (χ3v) is 1.30. The summed E-state index contributed by atoms with van der Waals surface area (Å²) in [5.74, 6) is -0.303. The minimum Gasteiger partial charge on any atom is -0.363 e. The van der Waals surface area contributed by atoms with Gasteiger partial charge in [-0.25, -0.2) is 4.39 Å². The van der Waals surface area contributed by atoms with E-state index in [1.54, 1.807) is 13.0 Å². The number of allylic oxidation sites excluding steroid dienone is 6. The van der Waals surface area contributed by atoms with E-state index in [4.69, 9.17) is 0 Å². The van der Waals surface area contributed by atoms with Gasteiger partial charge in [0.2, 0.25) is 0 Å². The predicted molar refractivity (Wildman–Crippen MR) is 55.7 cm³/mol. The summed E-state index contributed by atoms with van der Waals surface area (Å²) in [6.07, 6.45) is 3.03. The Morgan fingerprint density at radius 3 is 2.08 bits per heavy atom. The van der Waals surface area contributed by atoms with Crippen molar-refractivity contribution >= 4 is 0 Å². The summed E-state index contributed by atoms with van der Waals surface area (Å²) < 4.78 is 12.9. The lowest BCUT2D eigenvalue weighted by molar-refractivity contribution is 0.652. The molecule has 72 valence electrons. The highest BCUT2D eigenvalue weighted by molar-refractivity contribution is 5.25. The molecule has 1 N–H and O–H groups in total. The van der Waals surface area contributed by atoms with Gasteiger partial charge in [0.1, 0.15) is 5.83 Å². The second-order valence-electron chi connectivity index (χ2n) is 3.05. The smallest absolute Gasteiger partial charge is 0.125 e. The minimum absolute atomic E-state index is 0.303. The van der Waals surface area contributed by atoms with Gasteiger partial charge in [-0.3, -0.25) is 0 Å². The zero-order valence-corrected chi connectivity index (χ0v) is 8.45. The van der Waals surface area contributed by atoms with Crippen LogP contribution in [0.25, 0.3) is 0 Å². The van der Waals surface area contributed by atoms with Gasteiger partial charge in [0, 0.05) is 11.4 Å². The SMILES string of the molecule is C=C(C)N/C(C)=C/C=C(/F)C(=C)C. The maximum absolute atomic E-state index is 12.9. The molecule has 0 bridgehead atoms. The molecule has 0 aromatic rings. The molecule has 0 aliphatic carbocycles. The number of hydrogen-bond donors (Lipinski definition) is 1. The molecule has 1 nitrogen and oxygen atoms in total. The highest BCUT2D eigenvalue weighted by Gasteiger charge is 1.92. The molecule has 0 unspecified atom stereocenters. The fourth-order valence-electron chi connectivity index (χ4n) is 0.719. The number of rotatable bonds is 4. The molecule has 0 aliphatic rings. The van der Waals surface area contributed by atoms with Gasteiger partial charge in [-0.1, -0.05) is 13.2 Å². The molecule has 0 amide bonds. The van der Waals surface area contributed by atoms with Crippen molar-refractivity contribution in [3.8, 4) is 0 Å². The summed E-state index contributed by atoms with van der Waals surface area (Å²) in [5, 5.41) is 2.96. The van der Waals surface area contributed by atoms with E-state index in [2.05, 4.69) is 18.5 Å². The van der Waals surface area contributed by atoms with E-state index in [1.807, 2.05) is 13.8 Å². The van der Waals surface area contributed by atoms with E-state index in [9.17, 15) is 4.39 Å². The second-order valence-corrected chi connectivity index (χ2v) is 3.05. The molecule has 2 heteroatoms. The molecule has 13 heavy (non-hydrogen) atoms. The molecule has 0 aliphatic heterocycles. The van der Waals surface area contributed by atoms with Crippen LogP contribution in [-0.2, 0) is 0 Å². The molecular weight excluding hydrogens is 165 g/mol.